The van der Waals surface area contributed by atoms with Crippen LogP contribution >= 0.6 is 0 Å². The van der Waals surface area contributed by atoms with Crippen LogP contribution < -0.4 is 0 Å². The molecule has 0 aliphatic heterocycles. The van der Waals surface area contributed by atoms with Gasteiger partial charge in [-0.15, -0.1) is 0 Å². The van der Waals surface area contributed by atoms with Gasteiger partial charge in [0.15, 0.2) is 0 Å². The fourth-order valence-electron chi connectivity index (χ4n) is 0.669. The summed E-state index contributed by atoms with van der Waals surface area (Å²) in [5.74, 6) is 0. The number of hydrogen-bond donors (Lipinski definition) is 0. The molecule has 0 saturated carbocycles. The first kappa shape index (κ1) is 7.47. The van der Waals surface area contributed by atoms with Crippen molar-refractivity contribution in [2.24, 2.45) is 0 Å². The van der Waals surface area contributed by atoms with Gasteiger partial charge in [0.1, 0.15) is 0 Å². The smallest absolute Gasteiger partial charge is 0.258 e. The Balaban J connectivity index is 3.00. The van der Waals surface area contributed by atoms with E-state index in [1.807, 2.05) is 0 Å². The maximum atomic E-state index is 10.1. The largest absolute Gasteiger partial charge is 0.277 e. The fraction of sp³-hybridized carbons (Fsp3) is 0. The lowest BCUT2D eigenvalue weighted by molar-refractivity contribution is -0.385. The van der Waals surface area contributed by atoms with Gasteiger partial charge in [0, 0.05) is 6.07 Å². The molecule has 0 N–H and O–H groups in total. The molecular weight excluding hydrogens is 142 g/mol. The number of nitrogens with zero attached hydrogens (tertiary/aromatic N) is 1. The highest BCUT2D eigenvalue weighted by Gasteiger charge is 2.02. The standard InChI is InChI=1S/C8H6NO2/c1-2-7-3-5-8(6-4-7)9(10)11/h2-5H,1H2. The lowest BCUT2D eigenvalue weighted by Gasteiger charge is -1.90. The van der Waals surface area contributed by atoms with E-state index in [4.69, 9.17) is 0 Å². The van der Waals surface area contributed by atoms with Crippen molar-refractivity contribution in [3.05, 3.63) is 46.5 Å². The van der Waals surface area contributed by atoms with Crippen molar-refractivity contribution < 1.29 is 4.92 Å². The molecule has 0 aliphatic carbocycles. The van der Waals surface area contributed by atoms with Crippen LogP contribution in [0.3, 0.4) is 0 Å². The van der Waals surface area contributed by atoms with Gasteiger partial charge in [-0.3, -0.25) is 10.1 Å². The van der Waals surface area contributed by atoms with Crippen molar-refractivity contribution in [3.63, 3.8) is 0 Å². The molecule has 1 radical (unpaired) electrons. The molecule has 0 amide bonds. The summed E-state index contributed by atoms with van der Waals surface area (Å²) < 4.78 is 0. The summed E-state index contributed by atoms with van der Waals surface area (Å²) in [6.45, 7) is 3.52. The molecule has 55 valence electrons. The lowest BCUT2D eigenvalue weighted by atomic mass is 10.2. The highest BCUT2D eigenvalue weighted by molar-refractivity contribution is 5.49. The summed E-state index contributed by atoms with van der Waals surface area (Å²) in [6.07, 6.45) is 1.61. The topological polar surface area (TPSA) is 43.1 Å². The van der Waals surface area contributed by atoms with E-state index in [9.17, 15) is 10.1 Å². The summed E-state index contributed by atoms with van der Waals surface area (Å²) in [5, 5.41) is 10.1. The Bertz CT molecular complexity index is 277. The molecule has 11 heavy (non-hydrogen) atoms. The molecule has 0 saturated heterocycles. The minimum atomic E-state index is -0.479. The maximum Gasteiger partial charge on any atom is 0.277 e. The zero-order chi connectivity index (χ0) is 8.27. The van der Waals surface area contributed by atoms with Crippen LogP contribution in [0.15, 0.2) is 24.8 Å². The minimum Gasteiger partial charge on any atom is -0.258 e. The first-order chi connectivity index (χ1) is 5.24. The summed E-state index contributed by atoms with van der Waals surface area (Å²) in [4.78, 5) is 9.67. The van der Waals surface area contributed by atoms with Crippen LogP contribution in [0.25, 0.3) is 6.08 Å². The van der Waals surface area contributed by atoms with E-state index in [1.165, 1.54) is 12.1 Å². The van der Waals surface area contributed by atoms with Gasteiger partial charge >= 0.3 is 0 Å². The van der Waals surface area contributed by atoms with Crippen LogP contribution in [-0.4, -0.2) is 4.92 Å². The maximum absolute atomic E-state index is 10.1. The molecule has 1 aromatic carbocycles. The zero-order valence-corrected chi connectivity index (χ0v) is 5.78. The van der Waals surface area contributed by atoms with Gasteiger partial charge in [-0.1, -0.05) is 12.7 Å². The van der Waals surface area contributed by atoms with Crippen LogP contribution in [-0.2, 0) is 0 Å². The molecule has 0 unspecified atom stereocenters. The number of nitro benzene ring substituents is 1. The van der Waals surface area contributed by atoms with E-state index >= 15 is 0 Å². The summed E-state index contributed by atoms with van der Waals surface area (Å²) in [6, 6.07) is 7.08. The van der Waals surface area contributed by atoms with Crippen molar-refractivity contribution in [2.75, 3.05) is 0 Å². The van der Waals surface area contributed by atoms with Crippen molar-refractivity contribution in [1.29, 1.82) is 0 Å². The van der Waals surface area contributed by atoms with Crippen LogP contribution in [0.4, 0.5) is 5.69 Å². The second kappa shape index (κ2) is 2.96. The van der Waals surface area contributed by atoms with Gasteiger partial charge in [0.2, 0.25) is 0 Å². The molecule has 3 nitrogen and oxygen atoms in total. The lowest BCUT2D eigenvalue weighted by Crippen LogP contribution is -1.86. The highest BCUT2D eigenvalue weighted by atomic mass is 16.6. The van der Waals surface area contributed by atoms with Crippen molar-refractivity contribution in [3.8, 4) is 0 Å². The molecular formula is C8H6NO2. The third-order valence-corrected chi connectivity index (χ3v) is 1.25. The van der Waals surface area contributed by atoms with E-state index < -0.39 is 4.92 Å². The van der Waals surface area contributed by atoms with Gasteiger partial charge in [0.05, 0.1) is 11.0 Å². The average molecular weight is 148 g/mol. The summed E-state index contributed by atoms with van der Waals surface area (Å²) >= 11 is 0. The third-order valence-electron chi connectivity index (χ3n) is 1.25. The van der Waals surface area contributed by atoms with Gasteiger partial charge < -0.3 is 0 Å². The molecule has 3 heteroatoms. The molecule has 1 aromatic rings. The van der Waals surface area contributed by atoms with Crippen molar-refractivity contribution in [1.82, 2.24) is 0 Å². The van der Waals surface area contributed by atoms with Crippen LogP contribution in [0, 0.1) is 16.2 Å². The van der Waals surface area contributed by atoms with E-state index in [0.717, 1.165) is 5.56 Å². The van der Waals surface area contributed by atoms with Crippen LogP contribution in [0.2, 0.25) is 0 Å². The predicted molar refractivity (Wildman–Crippen MR) is 42.0 cm³/mol. The number of benzene rings is 1. The minimum absolute atomic E-state index is 0.0180. The number of rotatable bonds is 2. The summed E-state index contributed by atoms with van der Waals surface area (Å²) in [5.41, 5.74) is 0.811. The van der Waals surface area contributed by atoms with Gasteiger partial charge in [-0.05, 0) is 17.7 Å². The van der Waals surface area contributed by atoms with Crippen LogP contribution in [0.1, 0.15) is 5.56 Å². The third kappa shape index (κ3) is 1.64. The second-order valence-electron chi connectivity index (χ2n) is 1.97. The Hall–Kier alpha value is -1.64. The Kier molecular flexibility index (Phi) is 2.01. The number of nitro groups is 1. The van der Waals surface area contributed by atoms with Crippen molar-refractivity contribution in [2.45, 2.75) is 0 Å². The Morgan fingerprint density at radius 3 is 2.73 bits per heavy atom. The van der Waals surface area contributed by atoms with E-state index in [-0.39, 0.29) is 5.69 Å². The predicted octanol–water partition coefficient (Wildman–Crippen LogP) is 2.04. The van der Waals surface area contributed by atoms with Crippen molar-refractivity contribution >= 4 is 11.8 Å². The molecule has 1 rings (SSSR count). The quantitative estimate of drug-likeness (QED) is 0.475. The monoisotopic (exact) mass is 148 g/mol. The molecule has 0 spiro atoms. The summed E-state index contributed by atoms with van der Waals surface area (Å²) in [7, 11) is 0. The molecule has 0 atom stereocenters. The molecule has 0 aromatic heterocycles. The molecule has 0 aliphatic rings. The fourth-order valence-corrected chi connectivity index (χ4v) is 0.669. The van der Waals surface area contributed by atoms with E-state index in [2.05, 4.69) is 12.6 Å². The normalized spacial score (nSPS) is 9.09. The molecule has 0 heterocycles. The van der Waals surface area contributed by atoms with Crippen LogP contribution in [0.5, 0.6) is 0 Å². The molecule has 0 bridgehead atoms. The average Bonchev–Trinajstić information content (AvgIpc) is 2.05. The first-order valence-corrected chi connectivity index (χ1v) is 3.02. The number of non-ortho nitro benzene ring substituents is 1. The number of hydrogen-bond acceptors (Lipinski definition) is 2. The van der Waals surface area contributed by atoms with E-state index in [1.54, 1.807) is 12.1 Å². The Morgan fingerprint density at radius 1 is 1.64 bits per heavy atom. The van der Waals surface area contributed by atoms with Gasteiger partial charge in [-0.25, -0.2) is 0 Å². The SMILES string of the molecule is C=Cc1c[c]c([N+](=O)[O-])cc1. The van der Waals surface area contributed by atoms with Gasteiger partial charge in [0.25, 0.3) is 5.69 Å². The van der Waals surface area contributed by atoms with E-state index in [0.29, 0.717) is 0 Å². The first-order valence-electron chi connectivity index (χ1n) is 3.02. The second-order valence-corrected chi connectivity index (χ2v) is 1.97. The zero-order valence-electron chi connectivity index (χ0n) is 5.78. The van der Waals surface area contributed by atoms with Gasteiger partial charge in [-0.2, -0.15) is 0 Å². The highest BCUT2D eigenvalue weighted by Crippen LogP contribution is 2.10. The Morgan fingerprint density at radius 2 is 2.36 bits per heavy atom. The Labute approximate surface area is 64.1 Å². The molecule has 0 fully saturated rings.